The van der Waals surface area contributed by atoms with Crippen LogP contribution in [0, 0.1) is 5.92 Å². The fourth-order valence-electron chi connectivity index (χ4n) is 1.59. The van der Waals surface area contributed by atoms with Gasteiger partial charge in [-0.05, 0) is 13.3 Å². The van der Waals surface area contributed by atoms with Crippen molar-refractivity contribution in [3.8, 4) is 0 Å². The van der Waals surface area contributed by atoms with E-state index >= 15 is 0 Å². The van der Waals surface area contributed by atoms with Gasteiger partial charge in [0.25, 0.3) is 0 Å². The van der Waals surface area contributed by atoms with E-state index in [0.717, 1.165) is 0 Å². The normalized spacial score (nSPS) is 11.9. The lowest BCUT2D eigenvalue weighted by molar-refractivity contribution is -0.143. The van der Waals surface area contributed by atoms with Gasteiger partial charge in [0.2, 0.25) is 0 Å². The maximum Gasteiger partial charge on any atom is 0.305 e. The maximum absolute atomic E-state index is 12.0. The first-order valence-electron chi connectivity index (χ1n) is 5.90. The van der Waals surface area contributed by atoms with Gasteiger partial charge in [-0.3, -0.25) is 9.59 Å². The molecule has 3 heteroatoms. The van der Waals surface area contributed by atoms with E-state index in [1.54, 1.807) is 19.1 Å². The van der Waals surface area contributed by atoms with Gasteiger partial charge in [0, 0.05) is 17.9 Å². The van der Waals surface area contributed by atoms with E-state index in [1.807, 2.05) is 25.1 Å². The van der Waals surface area contributed by atoms with Crippen molar-refractivity contribution in [3.63, 3.8) is 0 Å². The van der Waals surface area contributed by atoms with E-state index in [1.165, 1.54) is 0 Å². The van der Waals surface area contributed by atoms with Crippen LogP contribution in [0.1, 0.15) is 37.0 Å². The molecule has 1 rings (SSSR count). The molecular formula is C14H18O3. The number of rotatable bonds is 6. The molecule has 0 radical (unpaired) electrons. The van der Waals surface area contributed by atoms with Crippen LogP contribution in [0.25, 0.3) is 0 Å². The Hall–Kier alpha value is -1.64. The second kappa shape index (κ2) is 6.84. The summed E-state index contributed by atoms with van der Waals surface area (Å²) in [5, 5.41) is 0. The lowest BCUT2D eigenvalue weighted by atomic mass is 9.95. The Bertz CT molecular complexity index is 370. The largest absolute Gasteiger partial charge is 0.466 e. The summed E-state index contributed by atoms with van der Waals surface area (Å²) in [7, 11) is 0. The molecule has 0 aliphatic carbocycles. The van der Waals surface area contributed by atoms with Crippen LogP contribution < -0.4 is 0 Å². The summed E-state index contributed by atoms with van der Waals surface area (Å²) in [4.78, 5) is 23.1. The predicted molar refractivity (Wildman–Crippen MR) is 65.8 cm³/mol. The van der Waals surface area contributed by atoms with Crippen molar-refractivity contribution in [3.05, 3.63) is 35.9 Å². The van der Waals surface area contributed by atoms with Gasteiger partial charge in [-0.15, -0.1) is 0 Å². The Morgan fingerprint density at radius 1 is 1.24 bits per heavy atom. The lowest BCUT2D eigenvalue weighted by Crippen LogP contribution is -2.14. The Morgan fingerprint density at radius 3 is 2.47 bits per heavy atom. The van der Waals surface area contributed by atoms with E-state index in [0.29, 0.717) is 25.0 Å². The highest BCUT2D eigenvalue weighted by atomic mass is 16.5. The quantitative estimate of drug-likeness (QED) is 0.561. The minimum Gasteiger partial charge on any atom is -0.466 e. The Balaban J connectivity index is 2.45. The summed E-state index contributed by atoms with van der Waals surface area (Å²) in [5.74, 6) is -0.308. The van der Waals surface area contributed by atoms with Crippen molar-refractivity contribution in [1.29, 1.82) is 0 Å². The number of carbonyl (C=O) groups excluding carboxylic acids is 2. The standard InChI is InChI=1S/C14H18O3/c1-3-17-13(15)10-9-11(2)14(16)12-7-5-4-6-8-12/h4-8,11H,3,9-10H2,1-2H3. The Labute approximate surface area is 102 Å². The molecule has 0 heterocycles. The molecule has 1 aromatic carbocycles. The average molecular weight is 234 g/mol. The van der Waals surface area contributed by atoms with E-state index in [9.17, 15) is 9.59 Å². The fourth-order valence-corrected chi connectivity index (χ4v) is 1.59. The summed E-state index contributed by atoms with van der Waals surface area (Å²) >= 11 is 0. The topological polar surface area (TPSA) is 43.4 Å². The molecule has 17 heavy (non-hydrogen) atoms. The number of benzene rings is 1. The molecule has 1 unspecified atom stereocenters. The summed E-state index contributed by atoms with van der Waals surface area (Å²) in [6.07, 6.45) is 0.833. The second-order valence-electron chi connectivity index (χ2n) is 3.98. The lowest BCUT2D eigenvalue weighted by Gasteiger charge is -2.09. The van der Waals surface area contributed by atoms with Gasteiger partial charge >= 0.3 is 5.97 Å². The van der Waals surface area contributed by atoms with E-state index < -0.39 is 0 Å². The zero-order valence-electron chi connectivity index (χ0n) is 10.3. The summed E-state index contributed by atoms with van der Waals surface area (Å²) in [6.45, 7) is 4.00. The molecule has 0 fully saturated rings. The molecule has 0 aromatic heterocycles. The summed E-state index contributed by atoms with van der Waals surface area (Å²) in [6, 6.07) is 9.14. The van der Waals surface area contributed by atoms with Crippen LogP contribution in [0.4, 0.5) is 0 Å². The molecule has 1 aromatic rings. The Kier molecular flexibility index (Phi) is 5.40. The first-order chi connectivity index (χ1) is 8.15. The van der Waals surface area contributed by atoms with Gasteiger partial charge in [-0.1, -0.05) is 37.3 Å². The molecule has 92 valence electrons. The highest BCUT2D eigenvalue weighted by molar-refractivity contribution is 5.97. The number of carbonyl (C=O) groups is 2. The van der Waals surface area contributed by atoms with Crippen LogP contribution in [0.5, 0.6) is 0 Å². The SMILES string of the molecule is CCOC(=O)CCC(C)C(=O)c1ccccc1. The number of hydrogen-bond acceptors (Lipinski definition) is 3. The number of esters is 1. The first kappa shape index (κ1) is 13.4. The van der Waals surface area contributed by atoms with Crippen LogP contribution in [0.2, 0.25) is 0 Å². The van der Waals surface area contributed by atoms with Gasteiger partial charge in [-0.2, -0.15) is 0 Å². The van der Waals surface area contributed by atoms with E-state index in [2.05, 4.69) is 0 Å². The maximum atomic E-state index is 12.0. The molecule has 0 amide bonds. The van der Waals surface area contributed by atoms with Gasteiger partial charge < -0.3 is 4.74 Å². The highest BCUT2D eigenvalue weighted by Gasteiger charge is 2.16. The summed E-state index contributed by atoms with van der Waals surface area (Å²) < 4.78 is 4.83. The van der Waals surface area contributed by atoms with E-state index in [4.69, 9.17) is 4.74 Å². The van der Waals surface area contributed by atoms with Crippen molar-refractivity contribution in [1.82, 2.24) is 0 Å². The Morgan fingerprint density at radius 2 is 1.88 bits per heavy atom. The van der Waals surface area contributed by atoms with Gasteiger partial charge in [0.05, 0.1) is 6.61 Å². The predicted octanol–water partition coefficient (Wildman–Crippen LogP) is 2.85. The molecule has 0 spiro atoms. The van der Waals surface area contributed by atoms with Crippen LogP contribution in [0.3, 0.4) is 0 Å². The first-order valence-corrected chi connectivity index (χ1v) is 5.90. The molecule has 0 N–H and O–H groups in total. The molecule has 0 saturated carbocycles. The molecule has 0 aliphatic rings. The monoisotopic (exact) mass is 234 g/mol. The smallest absolute Gasteiger partial charge is 0.305 e. The summed E-state index contributed by atoms with van der Waals surface area (Å²) in [5.41, 5.74) is 0.698. The molecular weight excluding hydrogens is 216 g/mol. The zero-order chi connectivity index (χ0) is 12.7. The third-order valence-electron chi connectivity index (χ3n) is 2.59. The van der Waals surface area contributed by atoms with Crippen molar-refractivity contribution in [2.24, 2.45) is 5.92 Å². The van der Waals surface area contributed by atoms with Crippen LogP contribution in [-0.2, 0) is 9.53 Å². The van der Waals surface area contributed by atoms with Crippen LogP contribution in [-0.4, -0.2) is 18.4 Å². The molecule has 1 atom stereocenters. The van der Waals surface area contributed by atoms with Gasteiger partial charge in [0.1, 0.15) is 0 Å². The molecule has 0 aliphatic heterocycles. The second-order valence-corrected chi connectivity index (χ2v) is 3.98. The molecule has 0 saturated heterocycles. The van der Waals surface area contributed by atoms with Crippen molar-refractivity contribution in [2.75, 3.05) is 6.61 Å². The van der Waals surface area contributed by atoms with Crippen molar-refractivity contribution < 1.29 is 14.3 Å². The number of Topliss-reactive ketones (excluding diaryl/α,β-unsaturated/α-hetero) is 1. The van der Waals surface area contributed by atoms with Crippen LogP contribution in [0.15, 0.2) is 30.3 Å². The zero-order valence-corrected chi connectivity index (χ0v) is 10.3. The van der Waals surface area contributed by atoms with Crippen molar-refractivity contribution in [2.45, 2.75) is 26.7 Å². The van der Waals surface area contributed by atoms with E-state index in [-0.39, 0.29) is 17.7 Å². The average Bonchev–Trinajstić information content (AvgIpc) is 2.36. The molecule has 3 nitrogen and oxygen atoms in total. The minimum atomic E-state index is -0.236. The number of ether oxygens (including phenoxy) is 1. The highest BCUT2D eigenvalue weighted by Crippen LogP contribution is 2.14. The van der Waals surface area contributed by atoms with Crippen LogP contribution >= 0.6 is 0 Å². The third kappa shape index (κ3) is 4.39. The molecule has 0 bridgehead atoms. The van der Waals surface area contributed by atoms with Gasteiger partial charge in [0.15, 0.2) is 5.78 Å². The van der Waals surface area contributed by atoms with Gasteiger partial charge in [-0.25, -0.2) is 0 Å². The number of hydrogen-bond donors (Lipinski definition) is 0. The third-order valence-corrected chi connectivity index (χ3v) is 2.59. The van der Waals surface area contributed by atoms with Crippen molar-refractivity contribution >= 4 is 11.8 Å². The number of ketones is 1. The fraction of sp³-hybridized carbons (Fsp3) is 0.429. The minimum absolute atomic E-state index is 0.0786.